The molecule has 0 saturated heterocycles. The van der Waals surface area contributed by atoms with Crippen molar-refractivity contribution in [1.82, 2.24) is 0 Å². The summed E-state index contributed by atoms with van der Waals surface area (Å²) in [5, 5.41) is 10.4. The number of fused-ring (bicyclic) bond motifs is 5. The zero-order valence-electron chi connectivity index (χ0n) is 25.7. The molecule has 12 atom stereocenters. The molecule has 5 aliphatic rings. The number of rotatable bonds is 7. The maximum Gasteiger partial charge on any atom is 0.309 e. The van der Waals surface area contributed by atoms with Crippen molar-refractivity contribution in [2.45, 2.75) is 150 Å². The van der Waals surface area contributed by atoms with Crippen molar-refractivity contribution in [2.24, 2.45) is 64.1 Å². The highest BCUT2D eigenvalue weighted by Gasteiger charge is 2.61. The van der Waals surface area contributed by atoms with Crippen molar-refractivity contribution in [3.8, 4) is 0 Å². The third-order valence-corrected chi connectivity index (χ3v) is 13.5. The van der Waals surface area contributed by atoms with Crippen LogP contribution in [0.1, 0.15) is 138 Å². The predicted octanol–water partition coefficient (Wildman–Crippen LogP) is 8.82. The minimum atomic E-state index is -0.468. The zero-order valence-corrected chi connectivity index (χ0v) is 25.7. The summed E-state index contributed by atoms with van der Waals surface area (Å²) >= 11 is 0. The van der Waals surface area contributed by atoms with Crippen molar-refractivity contribution < 1.29 is 14.6 Å². The average Bonchev–Trinajstić information content (AvgIpc) is 3.22. The van der Waals surface area contributed by atoms with E-state index in [9.17, 15) is 9.90 Å². The molecule has 0 spiro atoms. The number of hydrogen-bond donors (Lipinski definition) is 1. The molecule has 0 bridgehead atoms. The highest BCUT2D eigenvalue weighted by molar-refractivity contribution is 5.73. The Hall–Kier alpha value is -0.570. The topological polar surface area (TPSA) is 46.5 Å². The fourth-order valence-corrected chi connectivity index (χ4v) is 11.2. The van der Waals surface area contributed by atoms with Crippen molar-refractivity contribution in [1.29, 1.82) is 0 Å². The van der Waals surface area contributed by atoms with Crippen LogP contribution in [0.3, 0.4) is 0 Å². The van der Waals surface area contributed by atoms with Crippen LogP contribution in [0.5, 0.6) is 0 Å². The van der Waals surface area contributed by atoms with Crippen LogP contribution in [0, 0.1) is 64.1 Å². The van der Waals surface area contributed by atoms with E-state index in [2.05, 4.69) is 41.5 Å². The first-order chi connectivity index (χ1) is 18.0. The van der Waals surface area contributed by atoms with E-state index in [-0.39, 0.29) is 18.0 Å². The van der Waals surface area contributed by atoms with Crippen molar-refractivity contribution in [3.63, 3.8) is 0 Å². The molecule has 12 unspecified atom stereocenters. The summed E-state index contributed by atoms with van der Waals surface area (Å²) in [6, 6.07) is 0. The Morgan fingerprint density at radius 3 is 2.37 bits per heavy atom. The van der Waals surface area contributed by atoms with Gasteiger partial charge >= 0.3 is 5.97 Å². The molecular formula is C35H60O3. The van der Waals surface area contributed by atoms with Gasteiger partial charge in [0.05, 0.1) is 12.0 Å². The van der Waals surface area contributed by atoms with Crippen LogP contribution in [0.15, 0.2) is 0 Å². The molecule has 3 heteroatoms. The van der Waals surface area contributed by atoms with E-state index in [0.29, 0.717) is 22.7 Å². The summed E-state index contributed by atoms with van der Waals surface area (Å²) in [6.07, 6.45) is 17.8. The fraction of sp³-hybridized carbons (Fsp3) is 0.971. The Balaban J connectivity index is 1.20. The summed E-state index contributed by atoms with van der Waals surface area (Å²) < 4.78 is 5.99. The Morgan fingerprint density at radius 2 is 1.61 bits per heavy atom. The highest BCUT2D eigenvalue weighted by atomic mass is 16.6. The lowest BCUT2D eigenvalue weighted by molar-refractivity contribution is -0.171. The Kier molecular flexibility index (Phi) is 8.66. The average molecular weight is 529 g/mol. The lowest BCUT2D eigenvalue weighted by Gasteiger charge is -2.61. The summed E-state index contributed by atoms with van der Waals surface area (Å²) in [6.45, 7) is 14.9. The molecule has 5 fully saturated rings. The minimum absolute atomic E-state index is 0.00590. The van der Waals surface area contributed by atoms with Crippen LogP contribution in [-0.2, 0) is 9.53 Å². The largest absolute Gasteiger partial charge is 0.459 e. The second-order valence-electron chi connectivity index (χ2n) is 16.1. The van der Waals surface area contributed by atoms with Gasteiger partial charge in [-0.05, 0) is 135 Å². The molecule has 218 valence electrons. The third kappa shape index (κ3) is 5.37. The molecule has 0 amide bonds. The number of aliphatic hydroxyl groups is 1. The SMILES string of the molecule is CC(C)CCCC(C)C1CCC2C3CCC4CC(C(=O)OC5CC(C)CCC5O)CCC4(C)C3CCC12C. The summed E-state index contributed by atoms with van der Waals surface area (Å²) in [4.78, 5) is 13.3. The molecule has 0 heterocycles. The lowest BCUT2D eigenvalue weighted by atomic mass is 9.44. The molecule has 0 radical (unpaired) electrons. The fourth-order valence-electron chi connectivity index (χ4n) is 11.2. The molecule has 5 saturated carbocycles. The monoisotopic (exact) mass is 528 g/mol. The highest BCUT2D eigenvalue weighted by Crippen LogP contribution is 2.68. The van der Waals surface area contributed by atoms with Gasteiger partial charge in [0, 0.05) is 0 Å². The first-order valence-electron chi connectivity index (χ1n) is 16.9. The predicted molar refractivity (Wildman–Crippen MR) is 155 cm³/mol. The van der Waals surface area contributed by atoms with E-state index in [0.717, 1.165) is 67.6 Å². The second kappa shape index (κ2) is 11.4. The van der Waals surface area contributed by atoms with Crippen molar-refractivity contribution in [3.05, 3.63) is 0 Å². The summed E-state index contributed by atoms with van der Waals surface area (Å²) in [7, 11) is 0. The van der Waals surface area contributed by atoms with Crippen LogP contribution < -0.4 is 0 Å². The molecule has 0 aromatic carbocycles. The van der Waals surface area contributed by atoms with E-state index in [1.807, 2.05) is 0 Å². The first kappa shape index (κ1) is 28.9. The first-order valence-corrected chi connectivity index (χ1v) is 16.9. The number of ether oxygens (including phenoxy) is 1. The minimum Gasteiger partial charge on any atom is -0.459 e. The Bertz CT molecular complexity index is 822. The van der Waals surface area contributed by atoms with Gasteiger partial charge in [-0.3, -0.25) is 4.79 Å². The van der Waals surface area contributed by atoms with Crippen molar-refractivity contribution >= 4 is 5.97 Å². The quantitative estimate of drug-likeness (QED) is 0.336. The smallest absolute Gasteiger partial charge is 0.309 e. The number of carbonyl (C=O) groups is 1. The molecular weight excluding hydrogens is 468 g/mol. The van der Waals surface area contributed by atoms with Crippen LogP contribution in [0.4, 0.5) is 0 Å². The molecule has 0 aliphatic heterocycles. The lowest BCUT2D eigenvalue weighted by Crippen LogP contribution is -2.54. The molecule has 3 nitrogen and oxygen atoms in total. The molecule has 5 aliphatic carbocycles. The molecule has 0 aromatic rings. The van der Waals surface area contributed by atoms with Gasteiger partial charge in [-0.2, -0.15) is 0 Å². The van der Waals surface area contributed by atoms with Gasteiger partial charge in [-0.1, -0.05) is 60.8 Å². The number of hydrogen-bond acceptors (Lipinski definition) is 3. The Labute approximate surface area is 234 Å². The van der Waals surface area contributed by atoms with Gasteiger partial charge in [0.25, 0.3) is 0 Å². The van der Waals surface area contributed by atoms with E-state index in [1.54, 1.807) is 0 Å². The van der Waals surface area contributed by atoms with Gasteiger partial charge in [0.2, 0.25) is 0 Å². The zero-order chi connectivity index (χ0) is 27.2. The maximum atomic E-state index is 13.3. The standard InChI is InChI=1S/C35H60O3/c1-22(2)8-7-9-24(4)28-13-14-29-27-12-11-26-21-25(33(37)38-32-20-23(3)10-15-31(32)36)16-18-34(26,5)30(27)17-19-35(28,29)6/h22-32,36H,7-21H2,1-6H3. The Morgan fingerprint density at radius 1 is 0.868 bits per heavy atom. The van der Waals surface area contributed by atoms with Gasteiger partial charge < -0.3 is 9.84 Å². The molecule has 1 N–H and O–H groups in total. The normalized spacial score (nSPS) is 47.6. The van der Waals surface area contributed by atoms with E-state index >= 15 is 0 Å². The maximum absolute atomic E-state index is 13.3. The van der Waals surface area contributed by atoms with E-state index < -0.39 is 6.10 Å². The van der Waals surface area contributed by atoms with Crippen molar-refractivity contribution in [2.75, 3.05) is 0 Å². The second-order valence-corrected chi connectivity index (χ2v) is 16.1. The molecule has 5 rings (SSSR count). The number of esters is 1. The molecule has 38 heavy (non-hydrogen) atoms. The van der Waals surface area contributed by atoms with Crippen LogP contribution in [0.2, 0.25) is 0 Å². The summed E-state index contributed by atoms with van der Waals surface area (Å²) in [5.74, 6) is 6.57. The van der Waals surface area contributed by atoms with Crippen LogP contribution in [0.25, 0.3) is 0 Å². The number of carbonyl (C=O) groups excluding carboxylic acids is 1. The van der Waals surface area contributed by atoms with Gasteiger partial charge in [0.15, 0.2) is 0 Å². The van der Waals surface area contributed by atoms with Gasteiger partial charge in [-0.25, -0.2) is 0 Å². The molecule has 0 aromatic heterocycles. The van der Waals surface area contributed by atoms with Gasteiger partial charge in [-0.15, -0.1) is 0 Å². The van der Waals surface area contributed by atoms with Crippen LogP contribution in [-0.4, -0.2) is 23.3 Å². The number of aliphatic hydroxyl groups excluding tert-OH is 1. The van der Waals surface area contributed by atoms with Crippen LogP contribution >= 0.6 is 0 Å². The van der Waals surface area contributed by atoms with E-state index in [1.165, 1.54) is 64.2 Å². The third-order valence-electron chi connectivity index (χ3n) is 13.5. The van der Waals surface area contributed by atoms with Gasteiger partial charge in [0.1, 0.15) is 6.10 Å². The van der Waals surface area contributed by atoms with E-state index in [4.69, 9.17) is 4.74 Å². The summed E-state index contributed by atoms with van der Waals surface area (Å²) in [5.41, 5.74) is 0.960.